The maximum Gasteiger partial charge on any atom is 0.397 e. The number of nitrogens with one attached hydrogen (secondary N) is 3. The summed E-state index contributed by atoms with van der Waals surface area (Å²) in [5.41, 5.74) is 0. The van der Waals surface area contributed by atoms with E-state index in [1.165, 1.54) is 0 Å². The molecule has 0 bridgehead atoms. The molecule has 6 aliphatic rings. The molecule has 6 saturated heterocycles. The van der Waals surface area contributed by atoms with Gasteiger partial charge in [-0.25, -0.2) is 8.37 Å². The average molecular weight is 1270 g/mol. The average Bonchev–Trinajstić information content (AvgIpc) is 1.51. The molecule has 0 aliphatic carbocycles. The second-order valence-corrected chi connectivity index (χ2v) is 22.2. The number of rotatable bonds is 23. The highest BCUT2D eigenvalue weighted by Crippen LogP contribution is 2.36. The number of hydrogen-bond donors (Lipinski definition) is 20. The Morgan fingerprint density at radius 2 is 0.714 bits per heavy atom. The minimum absolute atomic E-state index is 0.856. The third kappa shape index (κ3) is 17.1. The monoisotopic (exact) mass is 1270 g/mol. The van der Waals surface area contributed by atoms with Crippen molar-refractivity contribution in [3.63, 3.8) is 0 Å². The first-order valence-electron chi connectivity index (χ1n) is 25.4. The van der Waals surface area contributed by atoms with Gasteiger partial charge in [0.2, 0.25) is 17.7 Å². The lowest BCUT2D eigenvalue weighted by Crippen LogP contribution is -2.70. The Kier molecular flexibility index (Phi) is 24.8. The second-order valence-electron chi connectivity index (χ2n) is 20.1. The zero-order chi connectivity index (χ0) is 62.6. The molecular weight excluding hydrogens is 1200 g/mol. The van der Waals surface area contributed by atoms with Crippen molar-refractivity contribution in [2.75, 3.05) is 39.6 Å². The number of hydrogen-bond acceptors (Lipinski definition) is 35. The second kappa shape index (κ2) is 29.6. The van der Waals surface area contributed by atoms with Gasteiger partial charge in [-0.3, -0.25) is 23.5 Å². The number of carbonyl (C=O) groups excluding carboxylic acids is 3. The summed E-state index contributed by atoms with van der Waals surface area (Å²) >= 11 is 0. The molecule has 0 unspecified atom stereocenters. The molecule has 488 valence electrons. The van der Waals surface area contributed by atoms with Crippen LogP contribution in [0.1, 0.15) is 20.8 Å². The van der Waals surface area contributed by atoms with Gasteiger partial charge in [0, 0.05) is 20.8 Å². The minimum atomic E-state index is -5.14. The summed E-state index contributed by atoms with van der Waals surface area (Å²) < 4.78 is 134. The molecule has 84 heavy (non-hydrogen) atoms. The molecule has 0 aromatic heterocycles. The number of amides is 3. The highest BCUT2D eigenvalue weighted by molar-refractivity contribution is 7.81. The first-order chi connectivity index (χ1) is 39.2. The summed E-state index contributed by atoms with van der Waals surface area (Å²) in [6, 6.07) is -5.38. The molecular formula is C42H71N3O37S2. The number of aliphatic hydroxyl groups is 15. The fourth-order valence-electron chi connectivity index (χ4n) is 9.90. The smallest absolute Gasteiger partial charge is 0.394 e. The summed E-state index contributed by atoms with van der Waals surface area (Å²) in [5, 5.41) is 171. The quantitative estimate of drug-likeness (QED) is 0.0422. The number of ether oxygens (including phenoxy) is 11. The lowest BCUT2D eigenvalue weighted by Gasteiger charge is -2.50. The van der Waals surface area contributed by atoms with Crippen LogP contribution in [0.25, 0.3) is 0 Å². The van der Waals surface area contributed by atoms with Crippen LogP contribution in [0.2, 0.25) is 0 Å². The van der Waals surface area contributed by atoms with Gasteiger partial charge in [-0.1, -0.05) is 0 Å². The van der Waals surface area contributed by atoms with Crippen LogP contribution >= 0.6 is 0 Å². The van der Waals surface area contributed by atoms with Gasteiger partial charge < -0.3 is 145 Å². The lowest BCUT2D eigenvalue weighted by atomic mass is 9.94. The van der Waals surface area contributed by atoms with Gasteiger partial charge in [-0.05, 0) is 0 Å². The van der Waals surface area contributed by atoms with Crippen molar-refractivity contribution in [1.29, 1.82) is 0 Å². The zero-order valence-corrected chi connectivity index (χ0v) is 45.8. The molecule has 0 aromatic carbocycles. The minimum Gasteiger partial charge on any atom is -0.394 e. The van der Waals surface area contributed by atoms with E-state index in [-0.39, 0.29) is 0 Å². The van der Waals surface area contributed by atoms with Gasteiger partial charge in [0.1, 0.15) is 146 Å². The van der Waals surface area contributed by atoms with E-state index in [0.29, 0.717) is 0 Å². The molecule has 0 aromatic rings. The molecule has 6 fully saturated rings. The van der Waals surface area contributed by atoms with E-state index in [0.717, 1.165) is 20.8 Å². The van der Waals surface area contributed by atoms with Gasteiger partial charge in [0.05, 0.1) is 39.6 Å². The Morgan fingerprint density at radius 1 is 0.369 bits per heavy atom. The molecule has 30 atom stereocenters. The third-order valence-electron chi connectivity index (χ3n) is 14.0. The van der Waals surface area contributed by atoms with Crippen LogP contribution < -0.4 is 16.0 Å². The SMILES string of the molecule is CC(=O)N[C@@H]1[C@@H](O[C@@H]2O[C@H](CO)[C@H](O)[C@H](O[C@@H]3O[C@H](CO)[C@@H](O[C@@H]4O[C@H](COS(=O)(=O)O)[C@H](O)[C@H](O)[C@H]4O)[C@H](O)[C@H]3NC(C)=O)[C@H]2O)[C@@H](O)[C@@H](CO[C@@H]2O[C@H](CO)[C@@H](O[C@@H]3O[C@H](COS(=O)(=O)O)[C@H](O)[C@H](O)[C@H]3O)[C@H](O)[C@H]2NC(C)=O)O[C@@H]1O. The van der Waals surface area contributed by atoms with Crippen LogP contribution in [0.15, 0.2) is 0 Å². The molecule has 3 amide bonds. The Bertz CT molecular complexity index is 2390. The number of aliphatic hydroxyl groups excluding tert-OH is 15. The number of carbonyl (C=O) groups is 3. The first kappa shape index (κ1) is 70.2. The van der Waals surface area contributed by atoms with Crippen molar-refractivity contribution in [3.8, 4) is 0 Å². The Hall–Kier alpha value is -2.89. The molecule has 0 radical (unpaired) electrons. The van der Waals surface area contributed by atoms with E-state index in [1.807, 2.05) is 0 Å². The van der Waals surface area contributed by atoms with E-state index in [4.69, 9.17) is 61.2 Å². The van der Waals surface area contributed by atoms with Gasteiger partial charge >= 0.3 is 20.8 Å². The molecule has 0 saturated carbocycles. The van der Waals surface area contributed by atoms with Crippen LogP contribution in [0.4, 0.5) is 0 Å². The van der Waals surface area contributed by atoms with E-state index in [2.05, 4.69) is 24.3 Å². The third-order valence-corrected chi connectivity index (χ3v) is 14.9. The fraction of sp³-hybridized carbons (Fsp3) is 0.929. The predicted octanol–water partition coefficient (Wildman–Crippen LogP) is -14.0. The summed E-state index contributed by atoms with van der Waals surface area (Å²) in [7, 11) is -10.3. The van der Waals surface area contributed by atoms with E-state index in [9.17, 15) is 108 Å². The van der Waals surface area contributed by atoms with Crippen molar-refractivity contribution >= 4 is 38.5 Å². The molecule has 20 N–H and O–H groups in total. The maximum absolute atomic E-state index is 12.6. The largest absolute Gasteiger partial charge is 0.397 e. The van der Waals surface area contributed by atoms with E-state index in [1.54, 1.807) is 0 Å². The summed E-state index contributed by atoms with van der Waals surface area (Å²) in [6.45, 7) is -3.55. The lowest BCUT2D eigenvalue weighted by molar-refractivity contribution is -0.376. The van der Waals surface area contributed by atoms with Gasteiger partial charge in [-0.2, -0.15) is 16.8 Å². The van der Waals surface area contributed by atoms with Crippen LogP contribution in [-0.2, 0) is 95.7 Å². The first-order valence-corrected chi connectivity index (χ1v) is 28.1. The summed E-state index contributed by atoms with van der Waals surface area (Å²) in [6.07, 6.45) is -54.5. The van der Waals surface area contributed by atoms with E-state index < -0.39 is 262 Å². The molecule has 6 aliphatic heterocycles. The molecule has 6 rings (SSSR count). The standard InChI is InChI=1S/C42H71N3O37S2/c1-10(49)43-19-26(56)33(79-40-30(60)28(58)22(52)17(77-40)8-71-83(64,65)66)14(5-47)75-38(19)70-7-16-25(55)35(21(37(63)73-16)45-12(3)51)81-42-32(62)36(24(54)13(4-46)74-42)82-39-20(44-11(2)50)27(57)34(15(6-48)76-39)80-41-31(61)29(59)23(53)18(78-41)9-72-84(67,68)69/h13-42,46-48,52-63H,4-9H2,1-3H3,(H,43,49)(H,44,50)(H,45,51)(H,64,65,66)(H,67,68,69)/t13-,14-,15-,16-,17-,18-,19-,20-,21-,22+,23+,24+,25+,26-,27-,28+,29+,30-,31-,32-,33-,34-,35-,36+,37+,38-,39+,40+,41+,42+/m1/s1. The van der Waals surface area contributed by atoms with Crippen molar-refractivity contribution in [2.24, 2.45) is 0 Å². The van der Waals surface area contributed by atoms with Crippen LogP contribution in [-0.4, -0.2) is 344 Å². The molecule has 6 heterocycles. The van der Waals surface area contributed by atoms with Gasteiger partial charge in [0.15, 0.2) is 37.7 Å². The fourth-order valence-corrected chi connectivity index (χ4v) is 10.5. The van der Waals surface area contributed by atoms with Gasteiger partial charge in [0.25, 0.3) is 0 Å². The molecule has 40 nitrogen and oxygen atoms in total. The Balaban J connectivity index is 1.19. The highest BCUT2D eigenvalue weighted by atomic mass is 32.3. The van der Waals surface area contributed by atoms with Crippen molar-refractivity contribution in [1.82, 2.24) is 16.0 Å². The summed E-state index contributed by atoms with van der Waals surface area (Å²) in [4.78, 5) is 37.5. The molecule has 42 heteroatoms. The van der Waals surface area contributed by atoms with Crippen molar-refractivity contribution in [3.05, 3.63) is 0 Å². The summed E-state index contributed by atoms with van der Waals surface area (Å²) in [5.74, 6) is -2.64. The van der Waals surface area contributed by atoms with E-state index >= 15 is 0 Å². The van der Waals surface area contributed by atoms with Crippen LogP contribution in [0.3, 0.4) is 0 Å². The van der Waals surface area contributed by atoms with Crippen molar-refractivity contribution < 1.29 is 177 Å². The molecule has 0 spiro atoms. The van der Waals surface area contributed by atoms with Gasteiger partial charge in [-0.15, -0.1) is 0 Å². The highest BCUT2D eigenvalue weighted by Gasteiger charge is 2.58. The Morgan fingerprint density at radius 3 is 1.14 bits per heavy atom. The zero-order valence-electron chi connectivity index (χ0n) is 44.1. The normalized spacial score (nSPS) is 45.1. The predicted molar refractivity (Wildman–Crippen MR) is 255 cm³/mol. The van der Waals surface area contributed by atoms with Crippen LogP contribution in [0.5, 0.6) is 0 Å². The maximum atomic E-state index is 12.6. The van der Waals surface area contributed by atoms with Crippen LogP contribution in [0, 0.1) is 0 Å². The van der Waals surface area contributed by atoms with Crippen molar-refractivity contribution in [2.45, 2.75) is 205 Å². The topological polar surface area (TPSA) is 619 Å². The Labute approximate surface area is 475 Å².